The van der Waals surface area contributed by atoms with Crippen molar-refractivity contribution in [2.75, 3.05) is 25.6 Å². The number of hydrogen-bond acceptors (Lipinski definition) is 7. The van der Waals surface area contributed by atoms with E-state index in [4.69, 9.17) is 4.74 Å². The third-order valence-corrected chi connectivity index (χ3v) is 6.07. The first-order chi connectivity index (χ1) is 13.3. The van der Waals surface area contributed by atoms with Crippen LogP contribution in [0.15, 0.2) is 52.5 Å². The Balaban J connectivity index is 2.27. The van der Waals surface area contributed by atoms with Gasteiger partial charge < -0.3 is 4.74 Å². The molecule has 2 aromatic rings. The van der Waals surface area contributed by atoms with Gasteiger partial charge in [0.05, 0.1) is 23.1 Å². The summed E-state index contributed by atoms with van der Waals surface area (Å²) in [6.07, 6.45) is 1.49. The summed E-state index contributed by atoms with van der Waals surface area (Å²) in [4.78, 5) is 10.6. The number of sulfonamides is 1. The third-order valence-electron chi connectivity index (χ3n) is 4.02. The van der Waals surface area contributed by atoms with Crippen LogP contribution in [-0.2, 0) is 10.0 Å². The molecule has 9 nitrogen and oxygen atoms in total. The number of nitro groups is 1. The van der Waals surface area contributed by atoms with Crippen LogP contribution in [0.5, 0.6) is 5.75 Å². The predicted octanol–water partition coefficient (Wildman–Crippen LogP) is 3.08. The van der Waals surface area contributed by atoms with Crippen LogP contribution >= 0.6 is 0 Å². The SMILES string of the molecule is CCN(CC)S(=O)(=O)c1ccc(NN=Cc2ccc(OC)cc2)c([N+](=O)[O-])c1. The molecule has 0 aromatic heterocycles. The molecule has 0 unspecified atom stereocenters. The molecule has 0 amide bonds. The molecule has 0 fully saturated rings. The van der Waals surface area contributed by atoms with E-state index in [9.17, 15) is 18.5 Å². The fourth-order valence-corrected chi connectivity index (χ4v) is 3.97. The molecule has 0 aliphatic heterocycles. The van der Waals surface area contributed by atoms with Crippen LogP contribution in [0.2, 0.25) is 0 Å². The summed E-state index contributed by atoms with van der Waals surface area (Å²) in [5, 5.41) is 15.4. The van der Waals surface area contributed by atoms with E-state index >= 15 is 0 Å². The van der Waals surface area contributed by atoms with Gasteiger partial charge >= 0.3 is 0 Å². The fraction of sp³-hybridized carbons (Fsp3) is 0.278. The highest BCUT2D eigenvalue weighted by Gasteiger charge is 2.25. The maximum atomic E-state index is 12.6. The summed E-state index contributed by atoms with van der Waals surface area (Å²) in [5.41, 5.74) is 3.07. The van der Waals surface area contributed by atoms with Gasteiger partial charge in [0.2, 0.25) is 10.0 Å². The van der Waals surface area contributed by atoms with E-state index in [1.54, 1.807) is 45.2 Å². The van der Waals surface area contributed by atoms with Crippen molar-refractivity contribution in [1.29, 1.82) is 0 Å². The zero-order chi connectivity index (χ0) is 20.7. The van der Waals surface area contributed by atoms with Crippen molar-refractivity contribution in [1.82, 2.24) is 4.31 Å². The molecule has 0 atom stereocenters. The van der Waals surface area contributed by atoms with Crippen molar-refractivity contribution in [2.45, 2.75) is 18.7 Å². The number of ether oxygens (including phenoxy) is 1. The summed E-state index contributed by atoms with van der Waals surface area (Å²) >= 11 is 0. The number of hydrogen-bond donors (Lipinski definition) is 1. The van der Waals surface area contributed by atoms with Gasteiger partial charge in [0.25, 0.3) is 5.69 Å². The predicted molar refractivity (Wildman–Crippen MR) is 107 cm³/mol. The Kier molecular flexibility index (Phi) is 7.07. The normalized spacial score (nSPS) is 11.7. The number of benzene rings is 2. The van der Waals surface area contributed by atoms with Crippen LogP contribution in [0.4, 0.5) is 11.4 Å². The minimum absolute atomic E-state index is 0.0910. The Morgan fingerprint density at radius 1 is 1.18 bits per heavy atom. The maximum absolute atomic E-state index is 12.6. The molecule has 0 saturated heterocycles. The van der Waals surface area contributed by atoms with Crippen LogP contribution in [0.3, 0.4) is 0 Å². The van der Waals surface area contributed by atoms with E-state index in [1.807, 2.05) is 0 Å². The molecule has 0 heterocycles. The van der Waals surface area contributed by atoms with Gasteiger partial charge in [0, 0.05) is 19.2 Å². The Morgan fingerprint density at radius 2 is 1.82 bits per heavy atom. The molecular weight excluding hydrogens is 384 g/mol. The number of nitrogens with one attached hydrogen (secondary N) is 1. The van der Waals surface area contributed by atoms with Gasteiger partial charge in [-0.25, -0.2) is 8.42 Å². The van der Waals surface area contributed by atoms with E-state index < -0.39 is 14.9 Å². The molecular formula is C18H22N4O5S. The van der Waals surface area contributed by atoms with Gasteiger partial charge in [-0.2, -0.15) is 9.41 Å². The number of nitro benzene ring substituents is 1. The number of methoxy groups -OCH3 is 1. The minimum Gasteiger partial charge on any atom is -0.497 e. The highest BCUT2D eigenvalue weighted by molar-refractivity contribution is 7.89. The molecule has 28 heavy (non-hydrogen) atoms. The minimum atomic E-state index is -3.79. The van der Waals surface area contributed by atoms with Crippen LogP contribution in [0, 0.1) is 10.1 Å². The van der Waals surface area contributed by atoms with Crippen molar-refractivity contribution < 1.29 is 18.1 Å². The summed E-state index contributed by atoms with van der Waals surface area (Å²) < 4.78 is 31.5. The van der Waals surface area contributed by atoms with Crippen LogP contribution in [0.25, 0.3) is 0 Å². The third kappa shape index (κ3) is 4.84. The Hall–Kier alpha value is -2.98. The van der Waals surface area contributed by atoms with Crippen LogP contribution < -0.4 is 10.2 Å². The van der Waals surface area contributed by atoms with Gasteiger partial charge in [-0.3, -0.25) is 15.5 Å². The van der Waals surface area contributed by atoms with E-state index in [0.29, 0.717) is 5.75 Å². The Bertz CT molecular complexity index is 954. The summed E-state index contributed by atoms with van der Waals surface area (Å²) in [6.45, 7) is 3.97. The zero-order valence-electron chi connectivity index (χ0n) is 15.8. The lowest BCUT2D eigenvalue weighted by molar-refractivity contribution is -0.384. The zero-order valence-corrected chi connectivity index (χ0v) is 16.6. The lowest BCUT2D eigenvalue weighted by Gasteiger charge is -2.18. The summed E-state index contributed by atoms with van der Waals surface area (Å²) in [5.74, 6) is 0.700. The van der Waals surface area contributed by atoms with Crippen molar-refractivity contribution in [2.24, 2.45) is 5.10 Å². The number of hydrazone groups is 1. The number of rotatable bonds is 9. The largest absolute Gasteiger partial charge is 0.497 e. The fourth-order valence-electron chi connectivity index (χ4n) is 2.50. The molecule has 2 aromatic carbocycles. The molecule has 0 saturated carbocycles. The Morgan fingerprint density at radius 3 is 2.36 bits per heavy atom. The highest BCUT2D eigenvalue weighted by Crippen LogP contribution is 2.29. The van der Waals surface area contributed by atoms with Crippen LogP contribution in [-0.4, -0.2) is 44.1 Å². The Labute approximate surface area is 163 Å². The summed E-state index contributed by atoms with van der Waals surface area (Å²) in [7, 11) is -2.23. The summed E-state index contributed by atoms with van der Waals surface area (Å²) in [6, 6.07) is 10.8. The van der Waals surface area contributed by atoms with Crippen LogP contribution in [0.1, 0.15) is 19.4 Å². The first-order valence-electron chi connectivity index (χ1n) is 8.55. The van der Waals surface area contributed by atoms with Gasteiger partial charge in [-0.1, -0.05) is 13.8 Å². The van der Waals surface area contributed by atoms with E-state index in [1.165, 1.54) is 22.7 Å². The van der Waals surface area contributed by atoms with Crippen molar-refractivity contribution >= 4 is 27.6 Å². The quantitative estimate of drug-likeness (QED) is 0.389. The molecule has 0 radical (unpaired) electrons. The number of nitrogens with zero attached hydrogens (tertiary/aromatic N) is 3. The number of anilines is 1. The van der Waals surface area contributed by atoms with Crippen molar-refractivity contribution in [3.8, 4) is 5.75 Å². The lowest BCUT2D eigenvalue weighted by atomic mass is 10.2. The average molecular weight is 406 g/mol. The van der Waals surface area contributed by atoms with Crippen molar-refractivity contribution in [3.63, 3.8) is 0 Å². The maximum Gasteiger partial charge on any atom is 0.295 e. The molecule has 0 aliphatic carbocycles. The second kappa shape index (κ2) is 9.29. The smallest absolute Gasteiger partial charge is 0.295 e. The monoisotopic (exact) mass is 406 g/mol. The molecule has 1 N–H and O–H groups in total. The second-order valence-corrected chi connectivity index (χ2v) is 7.61. The van der Waals surface area contributed by atoms with E-state index in [-0.39, 0.29) is 29.4 Å². The molecule has 0 bridgehead atoms. The molecule has 0 spiro atoms. The first-order valence-corrected chi connectivity index (χ1v) is 9.99. The second-order valence-electron chi connectivity index (χ2n) is 5.67. The standard InChI is InChI=1S/C18H22N4O5S/c1-4-21(5-2)28(25,26)16-10-11-17(18(12-16)22(23)24)20-19-13-14-6-8-15(27-3)9-7-14/h6-13,20H,4-5H2,1-3H3. The van der Waals surface area contributed by atoms with Gasteiger partial charge in [0.1, 0.15) is 11.4 Å². The van der Waals surface area contributed by atoms with Gasteiger partial charge in [-0.15, -0.1) is 0 Å². The molecule has 150 valence electrons. The molecule has 2 rings (SSSR count). The first kappa shape index (κ1) is 21.3. The topological polar surface area (TPSA) is 114 Å². The highest BCUT2D eigenvalue weighted by atomic mass is 32.2. The molecule has 0 aliphatic rings. The van der Waals surface area contributed by atoms with E-state index in [0.717, 1.165) is 11.6 Å². The van der Waals surface area contributed by atoms with Gasteiger partial charge in [0.15, 0.2) is 0 Å². The van der Waals surface area contributed by atoms with Gasteiger partial charge in [-0.05, 0) is 42.0 Å². The average Bonchev–Trinajstić information content (AvgIpc) is 2.69. The lowest BCUT2D eigenvalue weighted by Crippen LogP contribution is -2.30. The molecule has 10 heteroatoms. The van der Waals surface area contributed by atoms with Crippen molar-refractivity contribution in [3.05, 3.63) is 58.1 Å². The van der Waals surface area contributed by atoms with E-state index in [2.05, 4.69) is 10.5 Å².